The highest BCUT2D eigenvalue weighted by Gasteiger charge is 2.31. The van der Waals surface area contributed by atoms with Gasteiger partial charge in [-0.1, -0.05) is 44.2 Å². The van der Waals surface area contributed by atoms with Crippen LogP contribution < -0.4 is 20.1 Å². The molecule has 3 N–H and O–H groups in total. The lowest BCUT2D eigenvalue weighted by atomic mass is 10.0. The van der Waals surface area contributed by atoms with Crippen LogP contribution in [0, 0.1) is 5.82 Å². The van der Waals surface area contributed by atoms with Crippen LogP contribution in [0.3, 0.4) is 0 Å². The summed E-state index contributed by atoms with van der Waals surface area (Å²) in [7, 11) is -3.07. The number of esters is 1. The summed E-state index contributed by atoms with van der Waals surface area (Å²) in [6.45, 7) is 9.27. The number of ether oxygens (including phenoxy) is 2. The first-order chi connectivity index (χ1) is 19.5. The van der Waals surface area contributed by atoms with E-state index in [4.69, 9.17) is 9.47 Å². The van der Waals surface area contributed by atoms with Gasteiger partial charge in [-0.3, -0.25) is 9.59 Å². The van der Waals surface area contributed by atoms with Crippen molar-refractivity contribution < 1.29 is 36.7 Å². The van der Waals surface area contributed by atoms with Crippen molar-refractivity contribution in [2.45, 2.75) is 55.6 Å². The van der Waals surface area contributed by atoms with Crippen LogP contribution in [-0.4, -0.2) is 58.0 Å². The summed E-state index contributed by atoms with van der Waals surface area (Å²) < 4.78 is 52.2. The highest BCUT2D eigenvalue weighted by Crippen LogP contribution is 2.16. The van der Waals surface area contributed by atoms with Crippen LogP contribution in [0.4, 0.5) is 4.39 Å². The molecule has 0 saturated carbocycles. The third-order valence-electron chi connectivity index (χ3n) is 5.88. The van der Waals surface area contributed by atoms with Gasteiger partial charge in [0.25, 0.3) is 0 Å². The van der Waals surface area contributed by atoms with Crippen LogP contribution in [0.25, 0.3) is 0 Å². The number of halogens is 1. The highest BCUT2D eigenvalue weighted by atomic mass is 32.2. The fourth-order valence-electron chi connectivity index (χ4n) is 3.79. The minimum absolute atomic E-state index is 0.0737. The Morgan fingerprint density at radius 3 is 2.10 bits per heavy atom. The molecule has 0 heterocycles. The molecule has 2 aromatic rings. The second-order valence-electron chi connectivity index (χ2n) is 9.03. The van der Waals surface area contributed by atoms with Gasteiger partial charge in [0.2, 0.25) is 21.8 Å². The van der Waals surface area contributed by atoms with E-state index >= 15 is 0 Å². The molecule has 0 aromatic heterocycles. The summed E-state index contributed by atoms with van der Waals surface area (Å²) in [5, 5.41) is 5.17. The summed E-state index contributed by atoms with van der Waals surface area (Å²) >= 11 is 0. The maximum absolute atomic E-state index is 13.5. The van der Waals surface area contributed by atoms with Crippen LogP contribution in [0.15, 0.2) is 78.7 Å². The van der Waals surface area contributed by atoms with Crippen molar-refractivity contribution >= 4 is 27.8 Å². The Kier molecular flexibility index (Phi) is 13.2. The van der Waals surface area contributed by atoms with Gasteiger partial charge in [0.1, 0.15) is 36.3 Å². The van der Waals surface area contributed by atoms with E-state index in [0.29, 0.717) is 24.3 Å². The number of sulfonamides is 1. The lowest BCUT2D eigenvalue weighted by Gasteiger charge is -2.24. The van der Waals surface area contributed by atoms with E-state index in [9.17, 15) is 27.2 Å². The molecule has 41 heavy (non-hydrogen) atoms. The number of hydrogen-bond acceptors (Lipinski definition) is 7. The van der Waals surface area contributed by atoms with Crippen molar-refractivity contribution in [3.63, 3.8) is 0 Å². The Morgan fingerprint density at radius 2 is 1.54 bits per heavy atom. The maximum Gasteiger partial charge on any atom is 0.328 e. The zero-order chi connectivity index (χ0) is 30.4. The monoisotopic (exact) mass is 589 g/mol. The van der Waals surface area contributed by atoms with E-state index in [2.05, 4.69) is 28.5 Å². The Balaban J connectivity index is 2.32. The molecule has 2 rings (SSSR count). The topological polar surface area (TPSA) is 140 Å². The first kappa shape index (κ1) is 33.2. The van der Waals surface area contributed by atoms with E-state index in [-0.39, 0.29) is 24.2 Å². The first-order valence-electron chi connectivity index (χ1n) is 12.9. The number of carbonyl (C=O) groups is 3. The quantitative estimate of drug-likeness (QED) is 0.190. The van der Waals surface area contributed by atoms with E-state index in [1.54, 1.807) is 37.3 Å². The van der Waals surface area contributed by atoms with Gasteiger partial charge >= 0.3 is 5.97 Å². The number of hydrogen-bond donors (Lipinski definition) is 3. The molecule has 0 unspecified atom stereocenters. The average molecular weight is 590 g/mol. The van der Waals surface area contributed by atoms with Crippen molar-refractivity contribution in [3.8, 4) is 5.75 Å². The Labute approximate surface area is 240 Å². The summed E-state index contributed by atoms with van der Waals surface area (Å²) in [6.07, 6.45) is 3.79. The Bertz CT molecular complexity index is 1300. The van der Waals surface area contributed by atoms with Gasteiger partial charge < -0.3 is 20.1 Å². The SMILES string of the molecule is C=CCOc1ccc(C[C@H](NS(=O)(=O)c2ccc(F)cc2)C(=O)N[C@@H](CCC)C(=O)N[C@@H](CC=C)C(=O)OC)cc1. The summed E-state index contributed by atoms with van der Waals surface area (Å²) in [6, 6.07) is 7.42. The summed E-state index contributed by atoms with van der Waals surface area (Å²) in [5.41, 5.74) is 0.603. The van der Waals surface area contributed by atoms with Gasteiger partial charge in [0, 0.05) is 0 Å². The van der Waals surface area contributed by atoms with Crippen LogP contribution in [-0.2, 0) is 35.6 Å². The summed E-state index contributed by atoms with van der Waals surface area (Å²) in [5.74, 6) is -2.14. The third-order valence-corrected chi connectivity index (χ3v) is 7.37. The fraction of sp³-hybridized carbons (Fsp3) is 0.345. The van der Waals surface area contributed by atoms with Gasteiger partial charge in [0.05, 0.1) is 12.0 Å². The van der Waals surface area contributed by atoms with Gasteiger partial charge in [0.15, 0.2) is 0 Å². The molecule has 10 nitrogen and oxygen atoms in total. The summed E-state index contributed by atoms with van der Waals surface area (Å²) in [4.78, 5) is 38.4. The van der Waals surface area contributed by atoms with Crippen molar-refractivity contribution in [3.05, 3.63) is 85.2 Å². The lowest BCUT2D eigenvalue weighted by Crippen LogP contribution is -2.56. The molecule has 0 saturated heterocycles. The second kappa shape index (κ2) is 16.3. The van der Waals surface area contributed by atoms with Crippen LogP contribution in [0.1, 0.15) is 31.7 Å². The van der Waals surface area contributed by atoms with Crippen molar-refractivity contribution in [1.29, 1.82) is 0 Å². The van der Waals surface area contributed by atoms with E-state index in [1.807, 2.05) is 0 Å². The second-order valence-corrected chi connectivity index (χ2v) is 10.7. The van der Waals surface area contributed by atoms with Gasteiger partial charge in [-0.05, 0) is 61.2 Å². The van der Waals surface area contributed by atoms with Gasteiger partial charge in [-0.2, -0.15) is 4.72 Å². The van der Waals surface area contributed by atoms with Crippen molar-refractivity contribution in [2.24, 2.45) is 0 Å². The van der Waals surface area contributed by atoms with E-state index in [0.717, 1.165) is 24.3 Å². The molecular formula is C29H36FN3O7S. The molecular weight excluding hydrogens is 553 g/mol. The van der Waals surface area contributed by atoms with E-state index < -0.39 is 51.7 Å². The van der Waals surface area contributed by atoms with Crippen molar-refractivity contribution in [1.82, 2.24) is 15.4 Å². The largest absolute Gasteiger partial charge is 0.490 e. The minimum atomic E-state index is -4.26. The minimum Gasteiger partial charge on any atom is -0.490 e. The smallest absolute Gasteiger partial charge is 0.328 e. The molecule has 0 aliphatic heterocycles. The maximum atomic E-state index is 13.5. The average Bonchev–Trinajstić information content (AvgIpc) is 2.95. The van der Waals surface area contributed by atoms with Crippen molar-refractivity contribution in [2.75, 3.05) is 13.7 Å². The molecule has 0 fully saturated rings. The number of benzene rings is 2. The number of nitrogens with one attached hydrogen (secondary N) is 3. The predicted octanol–water partition coefficient (Wildman–Crippen LogP) is 2.80. The molecule has 12 heteroatoms. The molecule has 0 aliphatic rings. The molecule has 0 radical (unpaired) electrons. The normalized spacial score (nSPS) is 13.2. The number of methoxy groups -OCH3 is 1. The third kappa shape index (κ3) is 10.5. The highest BCUT2D eigenvalue weighted by molar-refractivity contribution is 7.89. The molecule has 3 atom stereocenters. The van der Waals surface area contributed by atoms with E-state index in [1.165, 1.54) is 13.2 Å². The van der Waals surface area contributed by atoms with Crippen LogP contribution in [0.2, 0.25) is 0 Å². The molecule has 0 spiro atoms. The van der Waals surface area contributed by atoms with Crippen LogP contribution >= 0.6 is 0 Å². The molecule has 0 aliphatic carbocycles. The van der Waals surface area contributed by atoms with Crippen LogP contribution in [0.5, 0.6) is 5.75 Å². The lowest BCUT2D eigenvalue weighted by molar-refractivity contribution is -0.145. The predicted molar refractivity (Wildman–Crippen MR) is 152 cm³/mol. The molecule has 222 valence electrons. The molecule has 2 amide bonds. The zero-order valence-electron chi connectivity index (χ0n) is 23.1. The van der Waals surface area contributed by atoms with Gasteiger partial charge in [-0.25, -0.2) is 17.6 Å². The molecule has 2 aromatic carbocycles. The zero-order valence-corrected chi connectivity index (χ0v) is 23.9. The number of carbonyl (C=O) groups excluding carboxylic acids is 3. The van der Waals surface area contributed by atoms with Gasteiger partial charge in [-0.15, -0.1) is 6.58 Å². The number of rotatable bonds is 17. The Morgan fingerprint density at radius 1 is 0.927 bits per heavy atom. The fourth-order valence-corrected chi connectivity index (χ4v) is 4.99. The number of amides is 2. The Hall–Kier alpha value is -4.03. The molecule has 0 bridgehead atoms. The standard InChI is InChI=1S/C29H36FN3O7S/c1-5-8-24(27(34)32-25(9-6-2)29(36)39-4)31-28(35)26(19-20-10-14-22(15-11-20)40-18-7-3)33-41(37,38)23-16-12-21(30)13-17-23/h6-7,10-17,24-26,33H,2-3,5,8-9,18-19H2,1,4H3,(H,31,35)(H,32,34)/t24-,25-,26-/m0/s1. The first-order valence-corrected chi connectivity index (χ1v) is 14.4.